The first-order valence-corrected chi connectivity index (χ1v) is 2.87. The van der Waals surface area contributed by atoms with Crippen LogP contribution in [0, 0.1) is 0 Å². The summed E-state index contributed by atoms with van der Waals surface area (Å²) in [4.78, 5) is 0. The summed E-state index contributed by atoms with van der Waals surface area (Å²) in [5.74, 6) is 0.139. The Morgan fingerprint density at radius 2 is 1.82 bits per heavy atom. The van der Waals surface area contributed by atoms with E-state index in [4.69, 9.17) is 10.9 Å². The molecular formula is C7H11N3O. The first-order valence-electron chi connectivity index (χ1n) is 2.87. The summed E-state index contributed by atoms with van der Waals surface area (Å²) < 4.78 is 0. The molecule has 11 heavy (non-hydrogen) atoms. The van der Waals surface area contributed by atoms with Crippen LogP contribution in [0.2, 0.25) is 0 Å². The average Bonchev–Trinajstić information content (AvgIpc) is 2.05. The number of amidine groups is 1. The van der Waals surface area contributed by atoms with E-state index >= 15 is 0 Å². The molecule has 0 amide bonds. The van der Waals surface area contributed by atoms with Gasteiger partial charge in [-0.25, -0.2) is 0 Å². The van der Waals surface area contributed by atoms with Crippen LogP contribution in [0.3, 0.4) is 0 Å². The van der Waals surface area contributed by atoms with Crippen LogP contribution in [0.5, 0.6) is 0 Å². The summed E-state index contributed by atoms with van der Waals surface area (Å²) in [6.07, 6.45) is 0. The van der Waals surface area contributed by atoms with Crippen molar-refractivity contribution in [2.75, 3.05) is 0 Å². The average molecular weight is 153 g/mol. The Morgan fingerprint density at radius 3 is 2.27 bits per heavy atom. The molecule has 0 saturated heterocycles. The number of hydrogen-bond donors (Lipinski definition) is 3. The van der Waals surface area contributed by atoms with Crippen LogP contribution < -0.4 is 11.9 Å². The Morgan fingerprint density at radius 1 is 1.27 bits per heavy atom. The lowest BCUT2D eigenvalue weighted by Gasteiger charge is -1.94. The van der Waals surface area contributed by atoms with Gasteiger partial charge >= 0.3 is 0 Å². The van der Waals surface area contributed by atoms with E-state index < -0.39 is 0 Å². The molecule has 0 aliphatic carbocycles. The highest BCUT2D eigenvalue weighted by Gasteiger charge is 1.93. The molecule has 0 fully saturated rings. The molecule has 0 aliphatic rings. The van der Waals surface area contributed by atoms with Gasteiger partial charge in [-0.1, -0.05) is 35.5 Å². The van der Waals surface area contributed by atoms with E-state index in [2.05, 4.69) is 5.16 Å². The van der Waals surface area contributed by atoms with Crippen molar-refractivity contribution in [2.45, 2.75) is 0 Å². The topological polar surface area (TPSA) is 93.6 Å². The predicted molar refractivity (Wildman–Crippen MR) is 44.0 cm³/mol. The molecule has 0 radical (unpaired) electrons. The SMILES string of the molecule is N.NC(=NO)c1ccccc1. The van der Waals surface area contributed by atoms with E-state index in [9.17, 15) is 0 Å². The highest BCUT2D eigenvalue weighted by molar-refractivity contribution is 5.96. The third-order valence-corrected chi connectivity index (χ3v) is 1.18. The lowest BCUT2D eigenvalue weighted by molar-refractivity contribution is 0.318. The van der Waals surface area contributed by atoms with Gasteiger partial charge in [0.15, 0.2) is 5.84 Å². The molecule has 0 spiro atoms. The minimum absolute atomic E-state index is 0. The Balaban J connectivity index is 0.000001000. The summed E-state index contributed by atoms with van der Waals surface area (Å²) in [6.45, 7) is 0. The molecule has 1 aromatic carbocycles. The van der Waals surface area contributed by atoms with Crippen molar-refractivity contribution in [3.05, 3.63) is 35.9 Å². The molecule has 1 rings (SSSR count). The van der Waals surface area contributed by atoms with Crippen molar-refractivity contribution >= 4 is 5.84 Å². The molecule has 0 aliphatic heterocycles. The van der Waals surface area contributed by atoms with Crippen molar-refractivity contribution in [1.82, 2.24) is 6.15 Å². The van der Waals surface area contributed by atoms with Crippen molar-refractivity contribution in [3.8, 4) is 0 Å². The summed E-state index contributed by atoms with van der Waals surface area (Å²) in [5.41, 5.74) is 6.02. The van der Waals surface area contributed by atoms with Crippen molar-refractivity contribution in [1.29, 1.82) is 0 Å². The highest BCUT2D eigenvalue weighted by Crippen LogP contribution is 1.96. The zero-order valence-corrected chi connectivity index (χ0v) is 6.07. The molecular weight excluding hydrogens is 142 g/mol. The second-order valence-corrected chi connectivity index (χ2v) is 1.85. The monoisotopic (exact) mass is 153 g/mol. The van der Waals surface area contributed by atoms with E-state index in [1.807, 2.05) is 18.2 Å². The third kappa shape index (κ3) is 2.27. The van der Waals surface area contributed by atoms with E-state index in [1.54, 1.807) is 12.1 Å². The van der Waals surface area contributed by atoms with Crippen molar-refractivity contribution in [2.24, 2.45) is 10.9 Å². The second-order valence-electron chi connectivity index (χ2n) is 1.85. The smallest absolute Gasteiger partial charge is 0.170 e. The largest absolute Gasteiger partial charge is 0.409 e. The van der Waals surface area contributed by atoms with Gasteiger partial charge in [0, 0.05) is 5.56 Å². The van der Waals surface area contributed by atoms with Crippen LogP contribution in [0.15, 0.2) is 35.5 Å². The van der Waals surface area contributed by atoms with Gasteiger partial charge in [-0.2, -0.15) is 0 Å². The number of nitrogens with two attached hydrogens (primary N) is 1. The molecule has 4 heteroatoms. The maximum absolute atomic E-state index is 8.25. The van der Waals surface area contributed by atoms with Crippen molar-refractivity contribution in [3.63, 3.8) is 0 Å². The van der Waals surface area contributed by atoms with Gasteiger partial charge in [0.2, 0.25) is 0 Å². The van der Waals surface area contributed by atoms with E-state index in [0.717, 1.165) is 5.56 Å². The van der Waals surface area contributed by atoms with Crippen LogP contribution >= 0.6 is 0 Å². The minimum atomic E-state index is 0. The molecule has 60 valence electrons. The Hall–Kier alpha value is -1.55. The summed E-state index contributed by atoms with van der Waals surface area (Å²) >= 11 is 0. The molecule has 1 aromatic rings. The molecule has 0 bridgehead atoms. The van der Waals surface area contributed by atoms with Gasteiger partial charge in [0.25, 0.3) is 0 Å². The number of oxime groups is 1. The zero-order valence-electron chi connectivity index (χ0n) is 6.07. The Labute approximate surface area is 64.9 Å². The van der Waals surface area contributed by atoms with Gasteiger partial charge in [-0.3, -0.25) is 0 Å². The maximum atomic E-state index is 8.25. The highest BCUT2D eigenvalue weighted by atomic mass is 16.4. The van der Waals surface area contributed by atoms with Gasteiger partial charge in [0.05, 0.1) is 0 Å². The first kappa shape index (κ1) is 9.45. The van der Waals surface area contributed by atoms with Gasteiger partial charge in [-0.15, -0.1) is 0 Å². The number of benzene rings is 1. The van der Waals surface area contributed by atoms with Crippen LogP contribution in [-0.4, -0.2) is 11.0 Å². The lowest BCUT2D eigenvalue weighted by atomic mass is 10.2. The fourth-order valence-corrected chi connectivity index (χ4v) is 0.667. The molecule has 4 nitrogen and oxygen atoms in total. The number of hydrogen-bond acceptors (Lipinski definition) is 3. The van der Waals surface area contributed by atoms with Crippen molar-refractivity contribution < 1.29 is 5.21 Å². The summed E-state index contributed by atoms with van der Waals surface area (Å²) in [6, 6.07) is 9.07. The maximum Gasteiger partial charge on any atom is 0.170 e. The quantitative estimate of drug-likeness (QED) is 0.242. The molecule has 0 saturated carbocycles. The van der Waals surface area contributed by atoms with Crippen LogP contribution in [0.25, 0.3) is 0 Å². The molecule has 0 unspecified atom stereocenters. The molecule has 6 N–H and O–H groups in total. The molecule has 0 heterocycles. The van der Waals surface area contributed by atoms with E-state index in [0.29, 0.717) is 0 Å². The Bertz CT molecular complexity index is 233. The fourth-order valence-electron chi connectivity index (χ4n) is 0.667. The standard InChI is InChI=1S/C7H8N2O.H3N/c8-7(9-10)6-4-2-1-3-5-6;/h1-5,10H,(H2,8,9);1H3. The van der Waals surface area contributed by atoms with Gasteiger partial charge in [-0.05, 0) is 0 Å². The lowest BCUT2D eigenvalue weighted by Crippen LogP contribution is -2.12. The zero-order chi connectivity index (χ0) is 7.40. The van der Waals surface area contributed by atoms with Crippen LogP contribution in [0.4, 0.5) is 0 Å². The molecule has 0 aromatic heterocycles. The second kappa shape index (κ2) is 4.29. The van der Waals surface area contributed by atoms with Gasteiger partial charge < -0.3 is 17.1 Å². The van der Waals surface area contributed by atoms with Crippen LogP contribution in [-0.2, 0) is 0 Å². The molecule has 0 atom stereocenters. The summed E-state index contributed by atoms with van der Waals surface area (Å²) in [5, 5.41) is 11.1. The number of nitrogens with zero attached hydrogens (tertiary/aromatic N) is 1. The van der Waals surface area contributed by atoms with E-state index in [1.165, 1.54) is 0 Å². The first-order chi connectivity index (χ1) is 4.84. The summed E-state index contributed by atoms with van der Waals surface area (Å²) in [7, 11) is 0. The van der Waals surface area contributed by atoms with Crippen LogP contribution in [0.1, 0.15) is 5.56 Å². The minimum Gasteiger partial charge on any atom is -0.409 e. The Kier molecular flexibility index (Phi) is 3.69. The van der Waals surface area contributed by atoms with Gasteiger partial charge in [0.1, 0.15) is 0 Å². The van der Waals surface area contributed by atoms with E-state index in [-0.39, 0.29) is 12.0 Å². The fraction of sp³-hybridized carbons (Fsp3) is 0. The normalized spacial score (nSPS) is 10.4. The third-order valence-electron chi connectivity index (χ3n) is 1.18. The predicted octanol–water partition coefficient (Wildman–Crippen LogP) is 0.943. The number of rotatable bonds is 1.